The maximum absolute atomic E-state index is 11.5. The van der Waals surface area contributed by atoms with Gasteiger partial charge in [-0.25, -0.2) is 4.79 Å². The SMILES string of the molecule is COc1ccc(-c2cnoc2-c2cc(OC)c(OC)c(OC)c2)cc1C(=O)O. The van der Waals surface area contributed by atoms with E-state index in [0.29, 0.717) is 39.7 Å². The van der Waals surface area contributed by atoms with Crippen molar-refractivity contribution in [2.24, 2.45) is 0 Å². The maximum Gasteiger partial charge on any atom is 0.339 e. The fourth-order valence-corrected chi connectivity index (χ4v) is 2.91. The second-order valence-electron chi connectivity index (χ2n) is 5.70. The van der Waals surface area contributed by atoms with Gasteiger partial charge in [0.1, 0.15) is 11.3 Å². The van der Waals surface area contributed by atoms with Crippen molar-refractivity contribution in [3.63, 3.8) is 0 Å². The maximum atomic E-state index is 11.5. The number of nitrogens with zero attached hydrogens (tertiary/aromatic N) is 1. The minimum absolute atomic E-state index is 0.0389. The molecule has 0 bridgehead atoms. The molecule has 3 rings (SSSR count). The van der Waals surface area contributed by atoms with Crippen LogP contribution in [0.3, 0.4) is 0 Å². The van der Waals surface area contributed by atoms with Gasteiger partial charge in [-0.15, -0.1) is 0 Å². The van der Waals surface area contributed by atoms with Gasteiger partial charge in [0.15, 0.2) is 17.3 Å². The summed E-state index contributed by atoms with van der Waals surface area (Å²) in [7, 11) is 5.98. The molecule has 0 aliphatic rings. The molecule has 2 aromatic carbocycles. The molecule has 1 aromatic heterocycles. The zero-order valence-electron chi connectivity index (χ0n) is 15.8. The number of ether oxygens (including phenoxy) is 4. The van der Waals surface area contributed by atoms with E-state index < -0.39 is 5.97 Å². The van der Waals surface area contributed by atoms with E-state index in [1.54, 1.807) is 24.3 Å². The van der Waals surface area contributed by atoms with Gasteiger partial charge in [-0.3, -0.25) is 0 Å². The van der Waals surface area contributed by atoms with Crippen molar-refractivity contribution in [1.82, 2.24) is 5.16 Å². The Bertz CT molecular complexity index is 985. The Morgan fingerprint density at radius 3 is 2.07 bits per heavy atom. The number of carbonyl (C=O) groups is 1. The zero-order chi connectivity index (χ0) is 20.3. The fourth-order valence-electron chi connectivity index (χ4n) is 2.91. The van der Waals surface area contributed by atoms with Crippen molar-refractivity contribution in [1.29, 1.82) is 0 Å². The van der Waals surface area contributed by atoms with Gasteiger partial charge in [0.25, 0.3) is 0 Å². The van der Waals surface area contributed by atoms with Gasteiger partial charge in [0, 0.05) is 11.1 Å². The summed E-state index contributed by atoms with van der Waals surface area (Å²) in [5, 5.41) is 13.3. The molecule has 0 atom stereocenters. The lowest BCUT2D eigenvalue weighted by molar-refractivity contribution is 0.0693. The van der Waals surface area contributed by atoms with Crippen molar-refractivity contribution in [3.05, 3.63) is 42.1 Å². The Morgan fingerprint density at radius 1 is 0.893 bits per heavy atom. The van der Waals surface area contributed by atoms with Crippen molar-refractivity contribution in [2.75, 3.05) is 28.4 Å². The van der Waals surface area contributed by atoms with Crippen LogP contribution in [0.5, 0.6) is 23.0 Å². The number of hydrogen-bond acceptors (Lipinski definition) is 7. The number of carboxylic acids is 1. The molecule has 1 heterocycles. The molecule has 1 N–H and O–H groups in total. The van der Waals surface area contributed by atoms with Crippen molar-refractivity contribution in [3.8, 4) is 45.4 Å². The molecule has 0 amide bonds. The number of aromatic nitrogens is 1. The predicted octanol–water partition coefficient (Wildman–Crippen LogP) is 3.74. The molecule has 0 radical (unpaired) electrons. The molecule has 0 unspecified atom stereocenters. The number of methoxy groups -OCH3 is 4. The van der Waals surface area contributed by atoms with Crippen LogP contribution >= 0.6 is 0 Å². The lowest BCUT2D eigenvalue weighted by Gasteiger charge is -2.14. The lowest BCUT2D eigenvalue weighted by Crippen LogP contribution is -2.00. The number of aromatic carboxylic acids is 1. The second kappa shape index (κ2) is 7.91. The first-order valence-corrected chi connectivity index (χ1v) is 8.20. The van der Waals surface area contributed by atoms with Gasteiger partial charge in [0.2, 0.25) is 5.75 Å². The summed E-state index contributed by atoms with van der Waals surface area (Å²) in [6.45, 7) is 0. The van der Waals surface area contributed by atoms with Gasteiger partial charge in [-0.1, -0.05) is 11.2 Å². The first-order chi connectivity index (χ1) is 13.5. The highest BCUT2D eigenvalue weighted by Gasteiger charge is 2.21. The van der Waals surface area contributed by atoms with E-state index in [-0.39, 0.29) is 11.3 Å². The van der Waals surface area contributed by atoms with Crippen LogP contribution in [0.1, 0.15) is 10.4 Å². The molecular formula is C20H19NO7. The highest BCUT2D eigenvalue weighted by atomic mass is 16.5. The van der Waals surface area contributed by atoms with Crippen LogP contribution in [0.25, 0.3) is 22.5 Å². The predicted molar refractivity (Wildman–Crippen MR) is 101 cm³/mol. The van der Waals surface area contributed by atoms with Crippen LogP contribution in [0.4, 0.5) is 0 Å². The number of carboxylic acid groups (broad SMARTS) is 1. The summed E-state index contributed by atoms with van der Waals surface area (Å²) < 4.78 is 26.7. The summed E-state index contributed by atoms with van der Waals surface area (Å²) in [5.41, 5.74) is 1.90. The van der Waals surface area contributed by atoms with E-state index >= 15 is 0 Å². The zero-order valence-corrected chi connectivity index (χ0v) is 15.8. The van der Waals surface area contributed by atoms with Crippen LogP contribution in [0.2, 0.25) is 0 Å². The molecule has 0 saturated carbocycles. The summed E-state index contributed by atoms with van der Waals surface area (Å²) in [4.78, 5) is 11.5. The van der Waals surface area contributed by atoms with Crippen LogP contribution in [-0.2, 0) is 0 Å². The van der Waals surface area contributed by atoms with Crippen LogP contribution in [0, 0.1) is 0 Å². The van der Waals surface area contributed by atoms with E-state index in [1.165, 1.54) is 40.7 Å². The van der Waals surface area contributed by atoms with Gasteiger partial charge in [-0.2, -0.15) is 0 Å². The van der Waals surface area contributed by atoms with Crippen molar-refractivity contribution in [2.45, 2.75) is 0 Å². The van der Waals surface area contributed by atoms with Crippen LogP contribution in [-0.4, -0.2) is 44.7 Å². The Hall–Kier alpha value is -3.68. The van der Waals surface area contributed by atoms with Gasteiger partial charge >= 0.3 is 5.97 Å². The Morgan fingerprint density at radius 2 is 1.54 bits per heavy atom. The second-order valence-corrected chi connectivity index (χ2v) is 5.70. The standard InChI is InChI=1S/C20H19NO7/c1-24-15-6-5-11(7-13(15)20(22)23)14-10-21-28-18(14)12-8-16(25-2)19(27-4)17(9-12)26-3/h5-10H,1-4H3,(H,22,23). The van der Waals surface area contributed by atoms with E-state index in [4.69, 9.17) is 23.5 Å². The monoisotopic (exact) mass is 385 g/mol. The van der Waals surface area contributed by atoms with Crippen LogP contribution in [0.15, 0.2) is 41.1 Å². The van der Waals surface area contributed by atoms with Crippen LogP contribution < -0.4 is 18.9 Å². The topological polar surface area (TPSA) is 100 Å². The van der Waals surface area contributed by atoms with Crippen molar-refractivity contribution >= 4 is 5.97 Å². The normalized spacial score (nSPS) is 10.4. The Labute approximate surface area is 161 Å². The van der Waals surface area contributed by atoms with Gasteiger partial charge in [0.05, 0.1) is 34.6 Å². The molecule has 0 saturated heterocycles. The first-order valence-electron chi connectivity index (χ1n) is 8.20. The average molecular weight is 385 g/mol. The number of benzene rings is 2. The molecule has 146 valence electrons. The van der Waals surface area contributed by atoms with Crippen molar-refractivity contribution < 1.29 is 33.4 Å². The minimum Gasteiger partial charge on any atom is -0.496 e. The third kappa shape index (κ3) is 3.32. The lowest BCUT2D eigenvalue weighted by atomic mass is 9.99. The van der Waals surface area contributed by atoms with E-state index in [2.05, 4.69) is 5.16 Å². The molecule has 0 aliphatic heterocycles. The first kappa shape index (κ1) is 19.1. The molecule has 0 aliphatic carbocycles. The Kier molecular flexibility index (Phi) is 5.39. The quantitative estimate of drug-likeness (QED) is 0.656. The van der Waals surface area contributed by atoms with E-state index in [9.17, 15) is 9.90 Å². The summed E-state index contributed by atoms with van der Waals surface area (Å²) in [6, 6.07) is 8.29. The smallest absolute Gasteiger partial charge is 0.339 e. The highest BCUT2D eigenvalue weighted by molar-refractivity contribution is 5.93. The molecule has 0 fully saturated rings. The summed E-state index contributed by atoms with van der Waals surface area (Å²) in [6.07, 6.45) is 1.52. The van der Waals surface area contributed by atoms with Gasteiger partial charge < -0.3 is 28.6 Å². The average Bonchev–Trinajstić information content (AvgIpc) is 3.21. The van der Waals surface area contributed by atoms with Gasteiger partial charge in [-0.05, 0) is 29.8 Å². The number of hydrogen-bond donors (Lipinski definition) is 1. The fraction of sp³-hybridized carbons (Fsp3) is 0.200. The highest BCUT2D eigenvalue weighted by Crippen LogP contribution is 2.43. The van der Waals surface area contributed by atoms with E-state index in [1.807, 2.05) is 0 Å². The molecule has 8 nitrogen and oxygen atoms in total. The summed E-state index contributed by atoms with van der Waals surface area (Å²) in [5.74, 6) is 0.972. The Balaban J connectivity index is 2.16. The number of rotatable bonds is 7. The van der Waals surface area contributed by atoms with E-state index in [0.717, 1.165) is 0 Å². The minimum atomic E-state index is -1.09. The molecule has 0 spiro atoms. The third-order valence-corrected chi connectivity index (χ3v) is 4.24. The largest absolute Gasteiger partial charge is 0.496 e. The summed E-state index contributed by atoms with van der Waals surface area (Å²) >= 11 is 0. The third-order valence-electron chi connectivity index (χ3n) is 4.24. The molecular weight excluding hydrogens is 366 g/mol. The molecule has 28 heavy (non-hydrogen) atoms. The molecule has 3 aromatic rings. The molecule has 8 heteroatoms.